The highest BCUT2D eigenvalue weighted by Gasteiger charge is 2.29. The van der Waals surface area contributed by atoms with Gasteiger partial charge in [0, 0.05) is 22.5 Å². The molecule has 0 aliphatic rings. The summed E-state index contributed by atoms with van der Waals surface area (Å²) >= 11 is 0. The molecule has 5 rings (SSSR count). The molecule has 3 nitrogen and oxygen atoms in total. The van der Waals surface area contributed by atoms with Crippen LogP contribution in [0.3, 0.4) is 0 Å². The maximum absolute atomic E-state index is 9.92. The van der Waals surface area contributed by atoms with Crippen molar-refractivity contribution in [2.45, 2.75) is 71.6 Å². The van der Waals surface area contributed by atoms with Gasteiger partial charge in [-0.1, -0.05) is 94.3 Å². The van der Waals surface area contributed by atoms with Crippen molar-refractivity contribution in [3.05, 3.63) is 149 Å². The van der Waals surface area contributed by atoms with Crippen LogP contribution < -0.4 is 4.90 Å². The van der Waals surface area contributed by atoms with Gasteiger partial charge in [-0.05, 0) is 127 Å². The lowest BCUT2D eigenvalue weighted by Crippen LogP contribution is -2.24. The minimum atomic E-state index is -0.223. The van der Waals surface area contributed by atoms with Crippen LogP contribution in [0.5, 0.6) is 11.5 Å². The zero-order chi connectivity index (χ0) is 32.0. The molecule has 2 unspecified atom stereocenters. The Morgan fingerprint density at radius 1 is 0.644 bits per heavy atom. The molecule has 0 radical (unpaired) electrons. The van der Waals surface area contributed by atoms with E-state index < -0.39 is 0 Å². The summed E-state index contributed by atoms with van der Waals surface area (Å²) in [5.41, 5.74) is 9.50. The van der Waals surface area contributed by atoms with Crippen LogP contribution in [0, 0.1) is 19.8 Å². The van der Waals surface area contributed by atoms with Crippen molar-refractivity contribution < 1.29 is 10.2 Å². The lowest BCUT2D eigenvalue weighted by atomic mass is 9.71. The maximum atomic E-state index is 9.92. The summed E-state index contributed by atoms with van der Waals surface area (Å²) in [5, 5.41) is 19.8. The molecular weight excluding hydrogens is 550 g/mol. The smallest absolute Gasteiger partial charge is 0.115 e. The highest BCUT2D eigenvalue weighted by molar-refractivity contribution is 5.77. The Morgan fingerprint density at radius 2 is 1.13 bits per heavy atom. The zero-order valence-corrected chi connectivity index (χ0v) is 27.4. The SMILES string of the molecule is CCC(c1ccc(N(c2cccc(C)c2)c2cccc(C)c2)cc1)C(C)CCCC(C)(c1ccc(O)cc1)c1ccc(O)cc1. The van der Waals surface area contributed by atoms with Gasteiger partial charge in [-0.3, -0.25) is 0 Å². The zero-order valence-electron chi connectivity index (χ0n) is 27.4. The molecule has 0 fully saturated rings. The molecule has 0 saturated carbocycles. The number of nitrogens with zero attached hydrogens (tertiary/aromatic N) is 1. The maximum Gasteiger partial charge on any atom is 0.115 e. The number of phenols is 2. The molecule has 0 aromatic heterocycles. The van der Waals surface area contributed by atoms with E-state index in [2.05, 4.69) is 112 Å². The van der Waals surface area contributed by atoms with E-state index in [-0.39, 0.29) is 16.9 Å². The molecule has 2 atom stereocenters. The van der Waals surface area contributed by atoms with E-state index >= 15 is 0 Å². The average Bonchev–Trinajstić information content (AvgIpc) is 3.03. The van der Waals surface area contributed by atoms with E-state index in [1.807, 2.05) is 24.3 Å². The Balaban J connectivity index is 1.34. The predicted octanol–water partition coefficient (Wildman–Crippen LogP) is 11.5. The van der Waals surface area contributed by atoms with Gasteiger partial charge in [-0.25, -0.2) is 0 Å². The first-order valence-electron chi connectivity index (χ1n) is 16.3. The number of hydrogen-bond acceptors (Lipinski definition) is 3. The first-order valence-corrected chi connectivity index (χ1v) is 16.3. The highest BCUT2D eigenvalue weighted by atomic mass is 16.3. The van der Waals surface area contributed by atoms with Gasteiger partial charge in [0.25, 0.3) is 0 Å². The molecule has 0 aliphatic carbocycles. The molecule has 5 aromatic carbocycles. The van der Waals surface area contributed by atoms with Crippen molar-refractivity contribution in [3.63, 3.8) is 0 Å². The number of hydrogen-bond donors (Lipinski definition) is 2. The third kappa shape index (κ3) is 7.42. The van der Waals surface area contributed by atoms with Gasteiger partial charge in [0.15, 0.2) is 0 Å². The lowest BCUT2D eigenvalue weighted by molar-refractivity contribution is 0.378. The summed E-state index contributed by atoms with van der Waals surface area (Å²) < 4.78 is 0. The van der Waals surface area contributed by atoms with E-state index in [9.17, 15) is 10.2 Å². The average molecular weight is 598 g/mol. The second-order valence-corrected chi connectivity index (χ2v) is 12.9. The van der Waals surface area contributed by atoms with Gasteiger partial charge >= 0.3 is 0 Å². The summed E-state index contributed by atoms with van der Waals surface area (Å²) in [6, 6.07) is 41.8. The summed E-state index contributed by atoms with van der Waals surface area (Å²) in [5.74, 6) is 1.55. The van der Waals surface area contributed by atoms with Crippen LogP contribution in [-0.4, -0.2) is 10.2 Å². The van der Waals surface area contributed by atoms with E-state index in [1.165, 1.54) is 39.2 Å². The minimum Gasteiger partial charge on any atom is -0.508 e. The predicted molar refractivity (Wildman–Crippen MR) is 189 cm³/mol. The molecule has 232 valence electrons. The Hall–Kier alpha value is -4.50. The number of anilines is 3. The summed E-state index contributed by atoms with van der Waals surface area (Å²) in [6.45, 7) is 11.3. The van der Waals surface area contributed by atoms with Gasteiger partial charge < -0.3 is 15.1 Å². The van der Waals surface area contributed by atoms with Crippen molar-refractivity contribution in [1.29, 1.82) is 0 Å². The van der Waals surface area contributed by atoms with Gasteiger partial charge in [0.1, 0.15) is 11.5 Å². The minimum absolute atomic E-state index is 0.223. The van der Waals surface area contributed by atoms with E-state index in [1.54, 1.807) is 24.3 Å². The molecule has 0 saturated heterocycles. The summed E-state index contributed by atoms with van der Waals surface area (Å²) in [6.07, 6.45) is 4.25. The van der Waals surface area contributed by atoms with Crippen LogP contribution >= 0.6 is 0 Å². The first kappa shape index (κ1) is 31.9. The van der Waals surface area contributed by atoms with Crippen LogP contribution in [0.2, 0.25) is 0 Å². The van der Waals surface area contributed by atoms with Gasteiger partial charge in [-0.2, -0.15) is 0 Å². The first-order chi connectivity index (χ1) is 21.7. The van der Waals surface area contributed by atoms with Crippen LogP contribution in [0.15, 0.2) is 121 Å². The number of phenolic OH excluding ortho intramolecular Hbond substituents is 2. The summed E-state index contributed by atoms with van der Waals surface area (Å²) in [7, 11) is 0. The Morgan fingerprint density at radius 3 is 1.58 bits per heavy atom. The van der Waals surface area contributed by atoms with E-state index in [0.717, 1.165) is 31.4 Å². The molecule has 3 heteroatoms. The fraction of sp³-hybridized carbons (Fsp3) is 0.286. The monoisotopic (exact) mass is 597 g/mol. The van der Waals surface area contributed by atoms with Crippen molar-refractivity contribution in [2.24, 2.45) is 5.92 Å². The van der Waals surface area contributed by atoms with E-state index in [0.29, 0.717) is 11.8 Å². The van der Waals surface area contributed by atoms with Gasteiger partial charge in [-0.15, -0.1) is 0 Å². The normalized spacial score (nSPS) is 12.9. The molecule has 45 heavy (non-hydrogen) atoms. The van der Waals surface area contributed by atoms with Gasteiger partial charge in [0.2, 0.25) is 0 Å². The van der Waals surface area contributed by atoms with Crippen LogP contribution in [0.4, 0.5) is 17.1 Å². The third-order valence-electron chi connectivity index (χ3n) is 9.57. The van der Waals surface area contributed by atoms with E-state index in [4.69, 9.17) is 0 Å². The fourth-order valence-electron chi connectivity index (χ4n) is 6.91. The second-order valence-electron chi connectivity index (χ2n) is 12.9. The van der Waals surface area contributed by atoms with Crippen molar-refractivity contribution in [3.8, 4) is 11.5 Å². The summed E-state index contributed by atoms with van der Waals surface area (Å²) in [4.78, 5) is 2.35. The molecular formula is C42H47NO2. The van der Waals surface area contributed by atoms with Crippen molar-refractivity contribution >= 4 is 17.1 Å². The molecule has 0 amide bonds. The van der Waals surface area contributed by atoms with Crippen molar-refractivity contribution in [1.82, 2.24) is 0 Å². The Bertz CT molecular complexity index is 1580. The molecule has 2 N–H and O–H groups in total. The second kappa shape index (κ2) is 14.1. The van der Waals surface area contributed by atoms with Crippen molar-refractivity contribution in [2.75, 3.05) is 4.90 Å². The lowest BCUT2D eigenvalue weighted by Gasteiger charge is -2.32. The molecule has 0 spiro atoms. The number of aromatic hydroxyl groups is 2. The number of rotatable bonds is 12. The topological polar surface area (TPSA) is 43.7 Å². The Labute approximate surface area is 269 Å². The third-order valence-corrected chi connectivity index (χ3v) is 9.57. The molecule has 0 heterocycles. The molecule has 5 aromatic rings. The number of aryl methyl sites for hydroxylation is 2. The number of benzene rings is 5. The highest BCUT2D eigenvalue weighted by Crippen LogP contribution is 2.41. The van der Waals surface area contributed by atoms with Crippen LogP contribution in [-0.2, 0) is 5.41 Å². The van der Waals surface area contributed by atoms with Crippen LogP contribution in [0.1, 0.15) is 80.2 Å². The molecule has 0 bridgehead atoms. The molecule has 0 aliphatic heterocycles. The largest absolute Gasteiger partial charge is 0.508 e. The standard InChI is InChI=1S/C42H47NO2/c1-6-41(32(4)12-9-27-42(5,34-17-23-39(44)24-18-34)35-19-25-40(45)26-20-35)33-15-21-36(22-16-33)43(37-13-7-10-30(2)28-37)38-14-8-11-31(3)29-38/h7-8,10-11,13-26,28-29,32,41,44-45H,6,9,12,27H2,1-5H3. The quantitative estimate of drug-likeness (QED) is 0.150. The fourth-order valence-corrected chi connectivity index (χ4v) is 6.91. The van der Waals surface area contributed by atoms with Gasteiger partial charge in [0.05, 0.1) is 0 Å². The van der Waals surface area contributed by atoms with Crippen LogP contribution in [0.25, 0.3) is 0 Å². The Kier molecular flexibility index (Phi) is 9.98.